The molecule has 1 nitrogen and oxygen atoms in total. The molecule has 1 N–H and O–H groups in total. The van der Waals surface area contributed by atoms with Crippen LogP contribution in [0.5, 0.6) is 0 Å². The highest BCUT2D eigenvalue weighted by Crippen LogP contribution is 2.01. The van der Waals surface area contributed by atoms with Crippen LogP contribution in [0, 0.1) is 0 Å². The molecule has 0 heterocycles. The Kier molecular flexibility index (Phi) is 5.31. The predicted octanol–water partition coefficient (Wildman–Crippen LogP) is 3.01. The van der Waals surface area contributed by atoms with E-state index in [1.54, 1.807) is 0 Å². The third kappa shape index (κ3) is 4.43. The van der Waals surface area contributed by atoms with Gasteiger partial charge in [-0.25, -0.2) is 0 Å². The second kappa shape index (κ2) is 6.61. The fourth-order valence-corrected chi connectivity index (χ4v) is 1.43. The van der Waals surface area contributed by atoms with Crippen LogP contribution in [0.3, 0.4) is 0 Å². The van der Waals surface area contributed by atoms with Gasteiger partial charge in [0, 0.05) is 6.04 Å². The molecule has 78 valence electrons. The number of hydrogen-bond acceptors (Lipinski definition) is 1. The first-order chi connectivity index (χ1) is 6.83. The molecular formula is C13H21N. The summed E-state index contributed by atoms with van der Waals surface area (Å²) < 4.78 is 0. The topological polar surface area (TPSA) is 12.0 Å². The van der Waals surface area contributed by atoms with E-state index in [1.807, 2.05) is 0 Å². The van der Waals surface area contributed by atoms with Crippen LogP contribution in [0.25, 0.3) is 0 Å². The standard InChI is InChI=1S/C13H21N/c1-3-12(2)14-11-7-10-13-8-5-4-6-9-13/h4-6,8-9,12,14H,3,7,10-11H2,1-2H3/t12-/m0/s1. The van der Waals surface area contributed by atoms with E-state index in [0.29, 0.717) is 6.04 Å². The Morgan fingerprint density at radius 3 is 2.57 bits per heavy atom. The summed E-state index contributed by atoms with van der Waals surface area (Å²) in [6.45, 7) is 5.58. The molecule has 1 aromatic rings. The maximum absolute atomic E-state index is 3.50. The second-order valence-electron chi connectivity index (χ2n) is 3.85. The number of hydrogen-bond donors (Lipinski definition) is 1. The normalized spacial score (nSPS) is 12.7. The lowest BCUT2D eigenvalue weighted by atomic mass is 10.1. The lowest BCUT2D eigenvalue weighted by Crippen LogP contribution is -2.26. The number of benzene rings is 1. The molecular weight excluding hydrogens is 170 g/mol. The van der Waals surface area contributed by atoms with Crippen LogP contribution >= 0.6 is 0 Å². The highest BCUT2D eigenvalue weighted by molar-refractivity contribution is 5.14. The van der Waals surface area contributed by atoms with Crippen molar-refractivity contribution in [3.05, 3.63) is 35.9 Å². The third-order valence-electron chi connectivity index (χ3n) is 2.59. The minimum absolute atomic E-state index is 0.658. The van der Waals surface area contributed by atoms with Crippen LogP contribution < -0.4 is 5.32 Å². The average Bonchev–Trinajstić information content (AvgIpc) is 2.25. The fraction of sp³-hybridized carbons (Fsp3) is 0.538. The fourth-order valence-electron chi connectivity index (χ4n) is 1.43. The molecule has 0 bridgehead atoms. The van der Waals surface area contributed by atoms with E-state index in [2.05, 4.69) is 49.5 Å². The van der Waals surface area contributed by atoms with Crippen LogP contribution in [0.2, 0.25) is 0 Å². The van der Waals surface area contributed by atoms with Crippen LogP contribution in [0.4, 0.5) is 0 Å². The minimum Gasteiger partial charge on any atom is -0.314 e. The first kappa shape index (κ1) is 11.3. The van der Waals surface area contributed by atoms with E-state index in [1.165, 1.54) is 24.8 Å². The van der Waals surface area contributed by atoms with Crippen LogP contribution in [-0.4, -0.2) is 12.6 Å². The van der Waals surface area contributed by atoms with Crippen molar-refractivity contribution in [2.75, 3.05) is 6.54 Å². The van der Waals surface area contributed by atoms with Crippen molar-refractivity contribution in [2.45, 2.75) is 39.2 Å². The zero-order valence-corrected chi connectivity index (χ0v) is 9.29. The van der Waals surface area contributed by atoms with Gasteiger partial charge in [-0.1, -0.05) is 37.3 Å². The summed E-state index contributed by atoms with van der Waals surface area (Å²) in [5, 5.41) is 3.50. The van der Waals surface area contributed by atoms with E-state index in [0.717, 1.165) is 6.54 Å². The monoisotopic (exact) mass is 191 g/mol. The van der Waals surface area contributed by atoms with Crippen LogP contribution in [0.15, 0.2) is 30.3 Å². The van der Waals surface area contributed by atoms with Gasteiger partial charge in [-0.15, -0.1) is 0 Å². The average molecular weight is 191 g/mol. The van der Waals surface area contributed by atoms with E-state index in [4.69, 9.17) is 0 Å². The SMILES string of the molecule is CC[C@H](C)NCCCc1ccccc1. The molecule has 0 aromatic heterocycles. The van der Waals surface area contributed by atoms with Gasteiger partial charge in [0.2, 0.25) is 0 Å². The van der Waals surface area contributed by atoms with E-state index in [9.17, 15) is 0 Å². The van der Waals surface area contributed by atoms with E-state index in [-0.39, 0.29) is 0 Å². The lowest BCUT2D eigenvalue weighted by Gasteiger charge is -2.10. The summed E-state index contributed by atoms with van der Waals surface area (Å²) in [6, 6.07) is 11.3. The number of rotatable bonds is 6. The zero-order valence-electron chi connectivity index (χ0n) is 9.29. The third-order valence-corrected chi connectivity index (χ3v) is 2.59. The highest BCUT2D eigenvalue weighted by atomic mass is 14.9. The lowest BCUT2D eigenvalue weighted by molar-refractivity contribution is 0.524. The molecule has 1 atom stereocenters. The Morgan fingerprint density at radius 2 is 1.93 bits per heavy atom. The first-order valence-electron chi connectivity index (χ1n) is 5.60. The molecule has 1 heteroatoms. The van der Waals surface area contributed by atoms with E-state index >= 15 is 0 Å². The van der Waals surface area contributed by atoms with Crippen molar-refractivity contribution in [3.63, 3.8) is 0 Å². The molecule has 0 radical (unpaired) electrons. The van der Waals surface area contributed by atoms with Crippen molar-refractivity contribution < 1.29 is 0 Å². The van der Waals surface area contributed by atoms with Gasteiger partial charge in [0.05, 0.1) is 0 Å². The molecule has 14 heavy (non-hydrogen) atoms. The molecule has 0 fully saturated rings. The molecule has 0 amide bonds. The summed E-state index contributed by atoms with van der Waals surface area (Å²) in [6.07, 6.45) is 3.63. The van der Waals surface area contributed by atoms with Gasteiger partial charge in [-0.3, -0.25) is 0 Å². The molecule has 0 spiro atoms. The molecule has 1 aromatic carbocycles. The smallest absolute Gasteiger partial charge is 0.00361 e. The van der Waals surface area contributed by atoms with Crippen molar-refractivity contribution in [1.29, 1.82) is 0 Å². The number of nitrogens with one attached hydrogen (secondary N) is 1. The Morgan fingerprint density at radius 1 is 1.21 bits per heavy atom. The Balaban J connectivity index is 2.10. The van der Waals surface area contributed by atoms with Gasteiger partial charge >= 0.3 is 0 Å². The predicted molar refractivity (Wildman–Crippen MR) is 62.5 cm³/mol. The minimum atomic E-state index is 0.658. The Labute approximate surface area is 87.5 Å². The maximum atomic E-state index is 3.50. The largest absolute Gasteiger partial charge is 0.314 e. The van der Waals surface area contributed by atoms with Gasteiger partial charge in [-0.2, -0.15) is 0 Å². The summed E-state index contributed by atoms with van der Waals surface area (Å²) in [5.41, 5.74) is 1.44. The first-order valence-corrected chi connectivity index (χ1v) is 5.60. The van der Waals surface area contributed by atoms with Crippen LogP contribution in [0.1, 0.15) is 32.3 Å². The zero-order chi connectivity index (χ0) is 10.2. The number of aryl methyl sites for hydroxylation is 1. The Bertz CT molecular complexity index is 230. The molecule has 0 aliphatic rings. The van der Waals surface area contributed by atoms with Crippen molar-refractivity contribution >= 4 is 0 Å². The van der Waals surface area contributed by atoms with Crippen molar-refractivity contribution in [2.24, 2.45) is 0 Å². The Hall–Kier alpha value is -0.820. The summed E-state index contributed by atoms with van der Waals surface area (Å²) in [7, 11) is 0. The molecule has 0 saturated heterocycles. The molecule has 0 aliphatic heterocycles. The van der Waals surface area contributed by atoms with Gasteiger partial charge < -0.3 is 5.32 Å². The summed E-state index contributed by atoms with van der Waals surface area (Å²) >= 11 is 0. The van der Waals surface area contributed by atoms with Gasteiger partial charge in [0.1, 0.15) is 0 Å². The van der Waals surface area contributed by atoms with Gasteiger partial charge in [0.15, 0.2) is 0 Å². The molecule has 0 unspecified atom stereocenters. The van der Waals surface area contributed by atoms with E-state index < -0.39 is 0 Å². The molecule has 0 saturated carbocycles. The second-order valence-corrected chi connectivity index (χ2v) is 3.85. The van der Waals surface area contributed by atoms with Gasteiger partial charge in [-0.05, 0) is 38.3 Å². The van der Waals surface area contributed by atoms with Crippen molar-refractivity contribution in [1.82, 2.24) is 5.32 Å². The summed E-state index contributed by atoms with van der Waals surface area (Å²) in [5.74, 6) is 0. The van der Waals surface area contributed by atoms with Gasteiger partial charge in [0.25, 0.3) is 0 Å². The molecule has 0 aliphatic carbocycles. The molecule has 1 rings (SSSR count). The maximum Gasteiger partial charge on any atom is 0.00361 e. The van der Waals surface area contributed by atoms with Crippen LogP contribution in [-0.2, 0) is 6.42 Å². The quantitative estimate of drug-likeness (QED) is 0.682. The van der Waals surface area contributed by atoms with Crippen molar-refractivity contribution in [3.8, 4) is 0 Å². The summed E-state index contributed by atoms with van der Waals surface area (Å²) in [4.78, 5) is 0. The highest BCUT2D eigenvalue weighted by Gasteiger charge is 1.96.